The molecule has 2 aromatic rings. The maximum absolute atomic E-state index is 15.3. The van der Waals surface area contributed by atoms with Crippen molar-refractivity contribution in [1.29, 1.82) is 0 Å². The van der Waals surface area contributed by atoms with Crippen LogP contribution in [0.15, 0.2) is 69.6 Å². The molecule has 0 aliphatic carbocycles. The van der Waals surface area contributed by atoms with Gasteiger partial charge in [-0.2, -0.15) is 23.5 Å². The molecule has 11 atom stereocenters. The van der Waals surface area contributed by atoms with Crippen LogP contribution in [0.25, 0.3) is 0 Å². The average molecular weight is 1740 g/mol. The van der Waals surface area contributed by atoms with Crippen molar-refractivity contribution in [1.82, 2.24) is 68.7 Å². The maximum atomic E-state index is 15.3. The Hall–Kier alpha value is -11.1. The van der Waals surface area contributed by atoms with Gasteiger partial charge in [0.15, 0.2) is 23.7 Å². The topological polar surface area (TPSA) is 695 Å². The Morgan fingerprint density at radius 2 is 1.00 bits per heavy atom. The quantitative estimate of drug-likeness (QED) is 0.0170. The highest BCUT2D eigenvalue weighted by Crippen LogP contribution is 2.23. The van der Waals surface area contributed by atoms with Crippen molar-refractivity contribution in [3.63, 3.8) is 0 Å². The van der Waals surface area contributed by atoms with Gasteiger partial charge < -0.3 is 125 Å². The van der Waals surface area contributed by atoms with Crippen molar-refractivity contribution < 1.29 is 77.0 Å². The van der Waals surface area contributed by atoms with E-state index in [1.54, 1.807) is 44.2 Å². The fraction of sp³-hybridized carbons (Fsp3) is 0.615. The molecule has 2 aromatic carbocycles. The third kappa shape index (κ3) is 40.7. The minimum absolute atomic E-state index is 0.00341. The van der Waals surface area contributed by atoms with Gasteiger partial charge >= 0.3 is 0 Å². The second-order valence-corrected chi connectivity index (χ2v) is 32.5. The summed E-state index contributed by atoms with van der Waals surface area (Å²) in [5.41, 5.74) is 52.4. The Kier molecular flexibility index (Phi) is 47.1. The molecular formula is C78H127N25O16S2. The molecular weight excluding hydrogens is 1610 g/mol. The van der Waals surface area contributed by atoms with Crippen LogP contribution in [0, 0.1) is 11.8 Å². The number of amides is 14. The van der Waals surface area contributed by atoms with E-state index in [2.05, 4.69) is 78.8 Å². The number of carbonyl (C=O) groups is 15. The van der Waals surface area contributed by atoms with Crippen LogP contribution in [0.2, 0.25) is 0 Å². The summed E-state index contributed by atoms with van der Waals surface area (Å²) in [5.74, 6) is -14.2. The summed E-state index contributed by atoms with van der Waals surface area (Å²) in [6.45, 7) is 6.16. The third-order valence-corrected chi connectivity index (χ3v) is 21.3. The number of Topliss-reactive ketones (excluding diaryl/α,β-unsaturated/α-hetero) is 1. The zero-order valence-corrected chi connectivity index (χ0v) is 71.1. The molecule has 0 aromatic heterocycles. The Labute approximate surface area is 713 Å². The van der Waals surface area contributed by atoms with Gasteiger partial charge in [-0.05, 0) is 151 Å². The summed E-state index contributed by atoms with van der Waals surface area (Å²) in [6.07, 6.45) is 1.53. The Morgan fingerprint density at radius 3 is 1.58 bits per heavy atom. The van der Waals surface area contributed by atoms with E-state index in [1.165, 1.54) is 29.2 Å². The molecule has 2 fully saturated rings. The molecule has 2 aliphatic heterocycles. The first-order valence-electron chi connectivity index (χ1n) is 40.8. The fourth-order valence-electron chi connectivity index (χ4n) is 13.0. The highest BCUT2D eigenvalue weighted by molar-refractivity contribution is 8.01. The average Bonchev–Trinajstić information content (AvgIpc) is 1.72. The number of nitrogens with zero attached hydrogens (tertiary/aromatic N) is 4. The fourth-order valence-corrected chi connectivity index (χ4v) is 14.8. The molecule has 0 radical (unpaired) electrons. The minimum Gasteiger partial charge on any atom is -0.508 e. The number of rotatable bonds is 38. The van der Waals surface area contributed by atoms with Crippen molar-refractivity contribution in [2.24, 2.45) is 78.4 Å². The largest absolute Gasteiger partial charge is 0.508 e. The van der Waals surface area contributed by atoms with E-state index in [0.717, 1.165) is 23.5 Å². The molecule has 14 amide bonds. The van der Waals surface area contributed by atoms with Crippen LogP contribution in [0.5, 0.6) is 5.75 Å². The Morgan fingerprint density at radius 1 is 0.504 bits per heavy atom. The van der Waals surface area contributed by atoms with Gasteiger partial charge in [-0.1, -0.05) is 70.2 Å². The predicted molar refractivity (Wildman–Crippen MR) is 460 cm³/mol. The SMILES string of the molecule is CC(C)C[C@H](NC(=O)[C@H](CCCCN)NC(=O)[C@@H]1CCCN1C(=O)[C@H](CCCN=C(N)N)NC(=O)[C@@H]1CSCC(=O)CSCCC(=O)N[C@@H](Cc2ccc(O)cc2)C(=O)NCC(=O)NCC(=O)N[C@@H](Cc2ccccc2)C(=O)N[C@@H](CC(C)C)C(=O)N[C@@H](CCCN=C(N)N)C(=O)N[C@@H](CCCN=C(N)N)C(=O)N1)C(=O)N[C@@H](CCCCN)C(N)=O. The van der Waals surface area contributed by atoms with Crippen molar-refractivity contribution in [2.45, 2.75) is 216 Å². The lowest BCUT2D eigenvalue weighted by Crippen LogP contribution is -2.61. The van der Waals surface area contributed by atoms with Crippen LogP contribution in [-0.4, -0.2) is 258 Å². The lowest BCUT2D eigenvalue weighted by atomic mass is 10.00. The summed E-state index contributed by atoms with van der Waals surface area (Å²) in [5, 5.41) is 42.0. The molecule has 2 aliphatic rings. The van der Waals surface area contributed by atoms with Crippen LogP contribution in [0.1, 0.15) is 148 Å². The molecule has 121 heavy (non-hydrogen) atoms. The number of guanidine groups is 3. The van der Waals surface area contributed by atoms with Crippen molar-refractivity contribution in [3.05, 3.63) is 65.7 Å². The number of carbonyl (C=O) groups excluding carboxylic acids is 15. The Balaban J connectivity index is 1.83. The highest BCUT2D eigenvalue weighted by atomic mass is 32.2. The molecule has 0 spiro atoms. The molecule has 41 nitrogen and oxygen atoms in total. The van der Waals surface area contributed by atoms with Gasteiger partial charge in [0.1, 0.15) is 72.2 Å². The van der Waals surface area contributed by atoms with Gasteiger partial charge in [-0.25, -0.2) is 0 Å². The van der Waals surface area contributed by atoms with Gasteiger partial charge in [-0.3, -0.25) is 86.9 Å². The summed E-state index contributed by atoms with van der Waals surface area (Å²) >= 11 is 1.96. The number of likely N-dealkylation sites (tertiary alicyclic amines) is 1. The summed E-state index contributed by atoms with van der Waals surface area (Å²) in [4.78, 5) is 228. The number of aromatic hydroxyl groups is 1. The smallest absolute Gasteiger partial charge is 0.245 e. The predicted octanol–water partition coefficient (Wildman–Crippen LogP) is -5.32. The molecule has 2 saturated heterocycles. The van der Waals surface area contributed by atoms with Crippen LogP contribution in [0.4, 0.5) is 0 Å². The number of ketones is 1. The lowest BCUT2D eigenvalue weighted by molar-refractivity contribution is -0.142. The van der Waals surface area contributed by atoms with E-state index < -0.39 is 174 Å². The van der Waals surface area contributed by atoms with Crippen LogP contribution in [-0.2, 0) is 84.8 Å². The monoisotopic (exact) mass is 1730 g/mol. The number of primary amides is 1. The van der Waals surface area contributed by atoms with Gasteiger partial charge in [-0.15, -0.1) is 0 Å². The first-order chi connectivity index (χ1) is 57.6. The first kappa shape index (κ1) is 102. The number of nitrogens with two attached hydrogens (primary N) is 9. The molecule has 0 saturated carbocycles. The molecule has 31 N–H and O–H groups in total. The molecule has 4 rings (SSSR count). The van der Waals surface area contributed by atoms with Crippen molar-refractivity contribution in [3.8, 4) is 5.75 Å². The number of unbranched alkanes of at least 4 members (excludes halogenated alkanes) is 2. The van der Waals surface area contributed by atoms with E-state index in [9.17, 15) is 57.8 Å². The van der Waals surface area contributed by atoms with E-state index >= 15 is 19.2 Å². The zero-order valence-electron chi connectivity index (χ0n) is 69.5. The second-order valence-electron chi connectivity index (χ2n) is 30.4. The summed E-state index contributed by atoms with van der Waals surface area (Å²) in [6, 6.07) is -0.825. The number of nitrogens with one attached hydrogen (secondary N) is 12. The maximum Gasteiger partial charge on any atom is 0.245 e. The normalized spacial score (nSPS) is 20.3. The molecule has 2 heterocycles. The van der Waals surface area contributed by atoms with Gasteiger partial charge in [0.25, 0.3) is 0 Å². The molecule has 0 bridgehead atoms. The number of aliphatic imine (C=N–C) groups is 3. The summed E-state index contributed by atoms with van der Waals surface area (Å²) in [7, 11) is 0. The number of thioether (sulfide) groups is 2. The number of benzene rings is 2. The van der Waals surface area contributed by atoms with Gasteiger partial charge in [0, 0.05) is 56.9 Å². The van der Waals surface area contributed by atoms with E-state index in [4.69, 9.17) is 51.6 Å². The number of phenols is 1. The van der Waals surface area contributed by atoms with Crippen LogP contribution < -0.4 is 115 Å². The number of phenolic OH excluding ortho intramolecular Hbond substituents is 1. The van der Waals surface area contributed by atoms with Crippen molar-refractivity contribution in [2.75, 3.05) is 75.4 Å². The highest BCUT2D eigenvalue weighted by Gasteiger charge is 2.41. The van der Waals surface area contributed by atoms with Crippen molar-refractivity contribution >= 4 is 130 Å². The van der Waals surface area contributed by atoms with Crippen LogP contribution >= 0.6 is 23.5 Å². The molecule has 0 unspecified atom stereocenters. The van der Waals surface area contributed by atoms with Crippen LogP contribution in [0.3, 0.4) is 0 Å². The minimum atomic E-state index is -1.67. The van der Waals surface area contributed by atoms with E-state index in [0.29, 0.717) is 43.4 Å². The number of hydrogen-bond donors (Lipinski definition) is 22. The zero-order chi connectivity index (χ0) is 89.5. The lowest BCUT2D eigenvalue weighted by Gasteiger charge is -2.31. The van der Waals surface area contributed by atoms with E-state index in [1.807, 2.05) is 13.8 Å². The van der Waals surface area contributed by atoms with Gasteiger partial charge in [0.2, 0.25) is 82.7 Å². The molecule has 672 valence electrons. The third-order valence-electron chi connectivity index (χ3n) is 19.2. The first-order valence-corrected chi connectivity index (χ1v) is 43.1. The van der Waals surface area contributed by atoms with E-state index in [-0.39, 0.29) is 182 Å². The van der Waals surface area contributed by atoms with Gasteiger partial charge in [0.05, 0.1) is 24.6 Å². The Bertz CT molecular complexity index is 3830. The molecule has 43 heteroatoms. The summed E-state index contributed by atoms with van der Waals surface area (Å²) < 4.78 is 0. The number of hydrogen-bond acceptors (Lipinski definition) is 23. The standard InChI is InChI=1S/C78H127N25O16S2/c1-45(2)36-56(70(114)95-51(65(81)109)18-8-10-29-79)100-68(112)52(19-9-11-30-80)98-74(118)61-23-15-34-103(61)75(119)55(22-14-33-90-78(86)87)99-73(117)60-44-121-43-50(105)42-120-35-28-62(106)93-58(39-48-24-26-49(104)27-25-48)66(110)92-40-63(107)91-41-64(108)94-59(38-47-16-6-5-7-17-47)72(116)101-57(37-46(3)4)71(115)97-53(20-12-31-88-76(82)83)67(111)96-54(69(113)102-60)21-13-32-89-77(84)85/h5-7,16-17,24-27,45-46,51-61,104H,8-15,18-23,28-44,79-80H2,1-4H3,(H2,81,109)(H,91,107)(H,92,110)(H,93,106)(H,94,108)(H,95,114)(H,96,111)(H,97,115)(H,98,118)(H,99,117)(H,100,112)(H,101,116)(H,102,113)(H4,82,83,88)(H4,84,85,89)(H4,86,87,90)/t51-,52-,53-,54-,55-,56-,57-,58-,59-,60-,61-/m0/s1. The second kappa shape index (κ2) is 55.7.